The second-order valence-corrected chi connectivity index (χ2v) is 4.08. The first-order valence-corrected chi connectivity index (χ1v) is 5.60. The molecule has 0 aromatic heterocycles. The quantitative estimate of drug-likeness (QED) is 0.853. The summed E-state index contributed by atoms with van der Waals surface area (Å²) in [5.41, 5.74) is 0.232. The number of morpholine rings is 1. The Morgan fingerprint density at radius 1 is 1.65 bits per heavy atom. The van der Waals surface area contributed by atoms with E-state index in [4.69, 9.17) is 21.1 Å². The van der Waals surface area contributed by atoms with Crippen molar-refractivity contribution in [3.05, 3.63) is 22.5 Å². The van der Waals surface area contributed by atoms with Gasteiger partial charge in [0.25, 0.3) is 0 Å². The number of hydrogen-bond acceptors (Lipinski definition) is 4. The average Bonchev–Trinajstić information content (AvgIpc) is 2.35. The minimum absolute atomic E-state index is 0.0519. The molecule has 1 saturated heterocycles. The lowest BCUT2D eigenvalue weighted by atomic mass is 10.1. The predicted octanol–water partition coefficient (Wildman–Crippen LogP) is 1.85. The number of nitrogens with one attached hydrogen (secondary N) is 1. The van der Waals surface area contributed by atoms with Crippen molar-refractivity contribution in [1.82, 2.24) is 5.32 Å². The Labute approximate surface area is 103 Å². The zero-order valence-electron chi connectivity index (χ0n) is 9.30. The second-order valence-electron chi connectivity index (χ2n) is 3.70. The highest BCUT2D eigenvalue weighted by atomic mass is 35.5. The monoisotopic (exact) mass is 261 g/mol. The lowest BCUT2D eigenvalue weighted by Gasteiger charge is -2.26. The van der Waals surface area contributed by atoms with E-state index < -0.39 is 11.9 Å². The van der Waals surface area contributed by atoms with Crippen LogP contribution in [0, 0.1) is 5.82 Å². The molecule has 1 fully saturated rings. The van der Waals surface area contributed by atoms with E-state index in [-0.39, 0.29) is 22.1 Å². The van der Waals surface area contributed by atoms with Gasteiger partial charge in [-0.2, -0.15) is 0 Å². The Bertz CT molecular complexity index is 422. The van der Waals surface area contributed by atoms with Gasteiger partial charge in [0.15, 0.2) is 11.5 Å². The molecule has 0 aliphatic carbocycles. The van der Waals surface area contributed by atoms with Crippen molar-refractivity contribution in [3.63, 3.8) is 0 Å². The van der Waals surface area contributed by atoms with Gasteiger partial charge in [-0.1, -0.05) is 11.6 Å². The maximum atomic E-state index is 13.6. The zero-order chi connectivity index (χ0) is 12.4. The number of phenolic OH excluding ortho intramolecular Hbond substituents is 1. The third-order valence-electron chi connectivity index (χ3n) is 2.66. The van der Waals surface area contributed by atoms with E-state index >= 15 is 0 Å². The predicted molar refractivity (Wildman–Crippen MR) is 61.2 cm³/mol. The number of halogens is 2. The first kappa shape index (κ1) is 12.4. The fraction of sp³-hybridized carbons (Fsp3) is 0.455. The van der Waals surface area contributed by atoms with E-state index in [0.717, 1.165) is 12.6 Å². The lowest BCUT2D eigenvalue weighted by Crippen LogP contribution is -2.33. The number of benzene rings is 1. The minimum Gasteiger partial charge on any atom is -0.504 e. The number of rotatable bonds is 2. The first-order valence-electron chi connectivity index (χ1n) is 5.22. The number of methoxy groups -OCH3 is 1. The number of ether oxygens (including phenoxy) is 2. The van der Waals surface area contributed by atoms with Crippen molar-refractivity contribution in [2.24, 2.45) is 0 Å². The zero-order valence-corrected chi connectivity index (χ0v) is 10.1. The lowest BCUT2D eigenvalue weighted by molar-refractivity contribution is 0.0260. The Hall–Kier alpha value is -1.04. The smallest absolute Gasteiger partial charge is 0.165 e. The van der Waals surface area contributed by atoms with Gasteiger partial charge in [-0.05, 0) is 0 Å². The van der Waals surface area contributed by atoms with Crippen LogP contribution < -0.4 is 10.1 Å². The van der Waals surface area contributed by atoms with Crippen molar-refractivity contribution >= 4 is 11.6 Å². The Morgan fingerprint density at radius 2 is 2.41 bits per heavy atom. The fourth-order valence-electron chi connectivity index (χ4n) is 1.81. The summed E-state index contributed by atoms with van der Waals surface area (Å²) in [6, 6.07) is 1.05. The molecular formula is C11H13ClFNO3. The van der Waals surface area contributed by atoms with Crippen molar-refractivity contribution in [1.29, 1.82) is 0 Å². The molecule has 17 heavy (non-hydrogen) atoms. The Balaban J connectivity index is 2.46. The van der Waals surface area contributed by atoms with Gasteiger partial charge in [0.05, 0.1) is 18.7 Å². The van der Waals surface area contributed by atoms with E-state index in [2.05, 4.69) is 5.32 Å². The topological polar surface area (TPSA) is 50.7 Å². The van der Waals surface area contributed by atoms with Gasteiger partial charge < -0.3 is 19.9 Å². The van der Waals surface area contributed by atoms with Crippen LogP contribution in [-0.2, 0) is 4.74 Å². The maximum absolute atomic E-state index is 13.6. The minimum atomic E-state index is -0.634. The molecule has 6 heteroatoms. The van der Waals surface area contributed by atoms with Crippen LogP contribution in [0.5, 0.6) is 11.5 Å². The van der Waals surface area contributed by atoms with E-state index in [1.807, 2.05) is 0 Å². The molecule has 1 aliphatic rings. The van der Waals surface area contributed by atoms with Gasteiger partial charge >= 0.3 is 0 Å². The van der Waals surface area contributed by atoms with Gasteiger partial charge in [-0.25, -0.2) is 4.39 Å². The molecule has 0 bridgehead atoms. The van der Waals surface area contributed by atoms with Crippen molar-refractivity contribution in [3.8, 4) is 11.5 Å². The summed E-state index contributed by atoms with van der Waals surface area (Å²) in [6.07, 6.45) is -0.471. The standard InChI is InChI=1S/C11H13ClFNO3/c1-16-7-4-6(13)10(12)9(11(7)15)8-5-14-2-3-17-8/h4,8,14-15H,2-3,5H2,1H3. The summed E-state index contributed by atoms with van der Waals surface area (Å²) >= 11 is 5.86. The Morgan fingerprint density at radius 3 is 3.00 bits per heavy atom. The van der Waals surface area contributed by atoms with Gasteiger partial charge in [0.2, 0.25) is 0 Å². The van der Waals surface area contributed by atoms with E-state index in [1.165, 1.54) is 7.11 Å². The molecule has 2 N–H and O–H groups in total. The molecule has 1 unspecified atom stereocenters. The SMILES string of the molecule is COc1cc(F)c(Cl)c(C2CNCCO2)c1O. The average molecular weight is 262 g/mol. The van der Waals surface area contributed by atoms with Crippen LogP contribution in [0.1, 0.15) is 11.7 Å². The largest absolute Gasteiger partial charge is 0.504 e. The van der Waals surface area contributed by atoms with E-state index in [0.29, 0.717) is 13.2 Å². The normalized spacial score (nSPS) is 20.3. The van der Waals surface area contributed by atoms with E-state index in [9.17, 15) is 9.50 Å². The summed E-state index contributed by atoms with van der Waals surface area (Å²) in [5.74, 6) is -0.755. The molecule has 0 amide bonds. The van der Waals surface area contributed by atoms with Crippen LogP contribution in [0.15, 0.2) is 6.07 Å². The third-order valence-corrected chi connectivity index (χ3v) is 3.05. The summed E-state index contributed by atoms with van der Waals surface area (Å²) < 4.78 is 23.9. The third kappa shape index (κ3) is 2.31. The molecule has 1 aliphatic heterocycles. The van der Waals surface area contributed by atoms with Crippen LogP contribution in [0.4, 0.5) is 4.39 Å². The van der Waals surface area contributed by atoms with Gasteiger partial charge in [-0.15, -0.1) is 0 Å². The van der Waals surface area contributed by atoms with Crippen LogP contribution in [-0.4, -0.2) is 31.9 Å². The van der Waals surface area contributed by atoms with Gasteiger partial charge in [0.1, 0.15) is 11.9 Å². The molecule has 1 heterocycles. The highest BCUT2D eigenvalue weighted by molar-refractivity contribution is 6.31. The number of aromatic hydroxyl groups is 1. The van der Waals surface area contributed by atoms with Crippen molar-refractivity contribution in [2.45, 2.75) is 6.10 Å². The van der Waals surface area contributed by atoms with E-state index in [1.54, 1.807) is 0 Å². The molecule has 0 spiro atoms. The first-order chi connectivity index (χ1) is 8.15. The summed E-state index contributed by atoms with van der Waals surface area (Å²) in [5, 5.41) is 12.9. The molecule has 2 rings (SSSR count). The van der Waals surface area contributed by atoms with Crippen LogP contribution >= 0.6 is 11.6 Å². The molecule has 94 valence electrons. The summed E-state index contributed by atoms with van der Waals surface area (Å²) in [4.78, 5) is 0. The molecule has 0 saturated carbocycles. The fourth-order valence-corrected chi connectivity index (χ4v) is 2.08. The molecule has 1 aromatic rings. The number of hydrogen-bond donors (Lipinski definition) is 2. The van der Waals surface area contributed by atoms with Crippen LogP contribution in [0.3, 0.4) is 0 Å². The Kier molecular flexibility index (Phi) is 3.71. The summed E-state index contributed by atoms with van der Waals surface area (Å²) in [6.45, 7) is 1.68. The highest BCUT2D eigenvalue weighted by Crippen LogP contribution is 2.41. The van der Waals surface area contributed by atoms with Crippen LogP contribution in [0.25, 0.3) is 0 Å². The second kappa shape index (κ2) is 5.08. The molecule has 1 atom stereocenters. The van der Waals surface area contributed by atoms with Crippen molar-refractivity contribution < 1.29 is 19.0 Å². The van der Waals surface area contributed by atoms with Gasteiger partial charge in [0, 0.05) is 24.7 Å². The molecule has 0 radical (unpaired) electrons. The van der Waals surface area contributed by atoms with Gasteiger partial charge in [-0.3, -0.25) is 0 Å². The molecule has 1 aromatic carbocycles. The van der Waals surface area contributed by atoms with Crippen LogP contribution in [0.2, 0.25) is 5.02 Å². The number of phenols is 1. The summed E-state index contributed by atoms with van der Waals surface area (Å²) in [7, 11) is 1.35. The highest BCUT2D eigenvalue weighted by Gasteiger charge is 2.26. The molecule has 4 nitrogen and oxygen atoms in total. The molecular weight excluding hydrogens is 249 g/mol. The van der Waals surface area contributed by atoms with Crippen molar-refractivity contribution in [2.75, 3.05) is 26.8 Å². The maximum Gasteiger partial charge on any atom is 0.165 e.